The van der Waals surface area contributed by atoms with Crippen molar-refractivity contribution in [2.45, 2.75) is 13.0 Å². The van der Waals surface area contributed by atoms with E-state index in [1.54, 1.807) is 0 Å². The number of para-hydroxylation sites is 1. The zero-order valence-corrected chi connectivity index (χ0v) is 16.6. The van der Waals surface area contributed by atoms with Crippen LogP contribution in [-0.4, -0.2) is 10.9 Å². The van der Waals surface area contributed by atoms with Crippen molar-refractivity contribution >= 4 is 27.7 Å². The van der Waals surface area contributed by atoms with Crippen LogP contribution in [0.1, 0.15) is 11.1 Å². The minimum atomic E-state index is 0.0237. The molecular formula is C27H22N2O. The minimum Gasteiger partial charge on any atom is -0.355 e. The fraction of sp³-hybridized carbons (Fsp3) is 0.0741. The van der Waals surface area contributed by atoms with E-state index in [1.807, 2.05) is 48.5 Å². The van der Waals surface area contributed by atoms with Crippen molar-refractivity contribution in [2.24, 2.45) is 0 Å². The van der Waals surface area contributed by atoms with Gasteiger partial charge in [0.15, 0.2) is 0 Å². The van der Waals surface area contributed by atoms with Gasteiger partial charge in [-0.15, -0.1) is 0 Å². The van der Waals surface area contributed by atoms with Gasteiger partial charge in [-0.3, -0.25) is 4.79 Å². The lowest BCUT2D eigenvalue weighted by atomic mass is 10.0. The Morgan fingerprint density at radius 2 is 1.43 bits per heavy atom. The van der Waals surface area contributed by atoms with Crippen LogP contribution in [-0.2, 0) is 17.8 Å². The maximum absolute atomic E-state index is 12.5. The summed E-state index contributed by atoms with van der Waals surface area (Å²) in [7, 11) is 0. The number of carbonyl (C=O) groups is 1. The number of hydrogen-bond donors (Lipinski definition) is 2. The molecule has 3 heteroatoms. The normalized spacial score (nSPS) is 11.1. The topological polar surface area (TPSA) is 44.9 Å². The first-order chi connectivity index (χ1) is 14.8. The van der Waals surface area contributed by atoms with Crippen molar-refractivity contribution in [1.29, 1.82) is 0 Å². The number of aromatic nitrogens is 1. The van der Waals surface area contributed by atoms with Crippen molar-refractivity contribution in [3.05, 3.63) is 108 Å². The average Bonchev–Trinajstić information content (AvgIpc) is 3.16. The Balaban J connectivity index is 1.27. The average molecular weight is 390 g/mol. The number of fused-ring (bicyclic) bond motifs is 3. The Morgan fingerprint density at radius 3 is 2.33 bits per heavy atom. The molecule has 3 nitrogen and oxygen atoms in total. The van der Waals surface area contributed by atoms with E-state index in [-0.39, 0.29) is 5.91 Å². The summed E-state index contributed by atoms with van der Waals surface area (Å²) in [5.74, 6) is 0.0237. The second-order valence-corrected chi connectivity index (χ2v) is 7.57. The first-order valence-electron chi connectivity index (χ1n) is 10.2. The number of amides is 1. The third-order valence-corrected chi connectivity index (χ3v) is 5.46. The number of benzene rings is 4. The molecule has 1 heterocycles. The minimum absolute atomic E-state index is 0.0237. The van der Waals surface area contributed by atoms with E-state index >= 15 is 0 Å². The first kappa shape index (κ1) is 18.2. The largest absolute Gasteiger partial charge is 0.355 e. The van der Waals surface area contributed by atoms with Gasteiger partial charge in [-0.05, 0) is 40.5 Å². The van der Waals surface area contributed by atoms with Crippen molar-refractivity contribution < 1.29 is 4.79 Å². The fourth-order valence-corrected chi connectivity index (χ4v) is 3.95. The highest BCUT2D eigenvalue weighted by molar-refractivity contribution is 6.07. The van der Waals surface area contributed by atoms with Gasteiger partial charge in [0.1, 0.15) is 0 Å². The molecule has 0 aliphatic carbocycles. The highest BCUT2D eigenvalue weighted by Crippen LogP contribution is 2.26. The van der Waals surface area contributed by atoms with Crippen molar-refractivity contribution in [2.75, 3.05) is 0 Å². The zero-order chi connectivity index (χ0) is 20.3. The summed E-state index contributed by atoms with van der Waals surface area (Å²) in [4.78, 5) is 16.0. The number of H-pyrrole nitrogens is 1. The zero-order valence-electron chi connectivity index (χ0n) is 16.6. The number of nitrogens with one attached hydrogen (secondary N) is 2. The Bertz CT molecular complexity index is 1340. The molecule has 4 aromatic carbocycles. The van der Waals surface area contributed by atoms with Crippen LogP contribution in [0.25, 0.3) is 32.9 Å². The van der Waals surface area contributed by atoms with Crippen LogP contribution in [0, 0.1) is 0 Å². The summed E-state index contributed by atoms with van der Waals surface area (Å²) < 4.78 is 0. The number of rotatable bonds is 5. The van der Waals surface area contributed by atoms with Gasteiger partial charge in [0, 0.05) is 28.4 Å². The Hall–Kier alpha value is -3.85. The standard InChI is InChI=1S/C27H22N2O/c30-27(28-18-20-7-6-10-22(15-20)21-8-2-1-3-9-21)17-19-13-14-24-23-11-4-5-12-25(23)29-26(24)16-19/h1-16,29H,17-18H2,(H,28,30). The molecule has 30 heavy (non-hydrogen) atoms. The lowest BCUT2D eigenvalue weighted by Gasteiger charge is -2.08. The van der Waals surface area contributed by atoms with Gasteiger partial charge in [-0.25, -0.2) is 0 Å². The van der Waals surface area contributed by atoms with Crippen LogP contribution in [0.2, 0.25) is 0 Å². The van der Waals surface area contributed by atoms with Gasteiger partial charge in [0.05, 0.1) is 6.42 Å². The first-order valence-corrected chi connectivity index (χ1v) is 10.2. The molecule has 5 rings (SSSR count). The third kappa shape index (κ3) is 3.70. The Kier molecular flexibility index (Phi) is 4.78. The summed E-state index contributed by atoms with van der Waals surface area (Å²) in [5.41, 5.74) is 6.62. The number of carbonyl (C=O) groups excluding carboxylic acids is 1. The molecule has 0 atom stereocenters. The lowest BCUT2D eigenvalue weighted by Crippen LogP contribution is -2.24. The van der Waals surface area contributed by atoms with Gasteiger partial charge in [-0.1, -0.05) is 78.9 Å². The van der Waals surface area contributed by atoms with Crippen molar-refractivity contribution in [3.8, 4) is 11.1 Å². The maximum Gasteiger partial charge on any atom is 0.224 e. The van der Waals surface area contributed by atoms with E-state index in [9.17, 15) is 4.79 Å². The second kappa shape index (κ2) is 7.88. The smallest absolute Gasteiger partial charge is 0.224 e. The summed E-state index contributed by atoms with van der Waals surface area (Å²) in [6.45, 7) is 0.522. The van der Waals surface area contributed by atoms with Crippen LogP contribution in [0.15, 0.2) is 97.1 Å². The van der Waals surface area contributed by atoms with Gasteiger partial charge in [0.2, 0.25) is 5.91 Å². The monoisotopic (exact) mass is 390 g/mol. The van der Waals surface area contributed by atoms with Crippen molar-refractivity contribution in [1.82, 2.24) is 10.3 Å². The molecule has 0 aliphatic rings. The van der Waals surface area contributed by atoms with Crippen molar-refractivity contribution in [3.63, 3.8) is 0 Å². The fourth-order valence-electron chi connectivity index (χ4n) is 3.95. The Labute approximate surface area is 175 Å². The maximum atomic E-state index is 12.5. The van der Waals surface area contributed by atoms with E-state index in [0.29, 0.717) is 13.0 Å². The van der Waals surface area contributed by atoms with E-state index in [2.05, 4.69) is 58.8 Å². The molecule has 0 saturated heterocycles. The molecule has 0 unspecified atom stereocenters. The number of aromatic amines is 1. The molecule has 0 saturated carbocycles. The summed E-state index contributed by atoms with van der Waals surface area (Å²) >= 11 is 0. The third-order valence-electron chi connectivity index (χ3n) is 5.46. The molecule has 0 aliphatic heterocycles. The SMILES string of the molecule is O=C(Cc1ccc2c(c1)[nH]c1ccccc12)NCc1cccc(-c2ccccc2)c1. The predicted octanol–water partition coefficient (Wildman–Crippen LogP) is 5.85. The van der Waals surface area contributed by atoms with E-state index < -0.39 is 0 Å². The van der Waals surface area contributed by atoms with Crippen LogP contribution in [0.4, 0.5) is 0 Å². The molecule has 0 bridgehead atoms. The van der Waals surface area contributed by atoms with E-state index in [1.165, 1.54) is 16.3 Å². The molecule has 1 amide bonds. The predicted molar refractivity (Wildman–Crippen MR) is 123 cm³/mol. The van der Waals surface area contributed by atoms with Gasteiger partial charge >= 0.3 is 0 Å². The quantitative estimate of drug-likeness (QED) is 0.389. The van der Waals surface area contributed by atoms with Crippen LogP contribution in [0.5, 0.6) is 0 Å². The molecule has 0 radical (unpaired) electrons. The molecule has 0 spiro atoms. The van der Waals surface area contributed by atoms with E-state index in [4.69, 9.17) is 0 Å². The highest BCUT2D eigenvalue weighted by atomic mass is 16.1. The highest BCUT2D eigenvalue weighted by Gasteiger charge is 2.08. The molecule has 1 aromatic heterocycles. The summed E-state index contributed by atoms with van der Waals surface area (Å²) in [6, 6.07) is 33.1. The molecule has 146 valence electrons. The lowest BCUT2D eigenvalue weighted by molar-refractivity contribution is -0.120. The Morgan fingerprint density at radius 1 is 0.667 bits per heavy atom. The van der Waals surface area contributed by atoms with E-state index in [0.717, 1.165) is 27.7 Å². The number of hydrogen-bond acceptors (Lipinski definition) is 1. The summed E-state index contributed by atoms with van der Waals surface area (Å²) in [5, 5.41) is 5.45. The molecule has 2 N–H and O–H groups in total. The molecule has 5 aromatic rings. The van der Waals surface area contributed by atoms with Crippen LogP contribution in [0.3, 0.4) is 0 Å². The van der Waals surface area contributed by atoms with Crippen LogP contribution >= 0.6 is 0 Å². The van der Waals surface area contributed by atoms with Gasteiger partial charge in [0.25, 0.3) is 0 Å². The van der Waals surface area contributed by atoms with Crippen LogP contribution < -0.4 is 5.32 Å². The van der Waals surface area contributed by atoms with Gasteiger partial charge in [-0.2, -0.15) is 0 Å². The summed E-state index contributed by atoms with van der Waals surface area (Å²) in [6.07, 6.45) is 0.365. The second-order valence-electron chi connectivity index (χ2n) is 7.57. The molecule has 0 fully saturated rings. The molecular weight excluding hydrogens is 368 g/mol. The van der Waals surface area contributed by atoms with Gasteiger partial charge < -0.3 is 10.3 Å².